The van der Waals surface area contributed by atoms with E-state index in [0.717, 1.165) is 18.0 Å². The third-order valence-corrected chi connectivity index (χ3v) is 5.49. The molecule has 6 heteroatoms. The molecule has 0 spiro atoms. The molecular formula is C9H12ClNO2S2. The summed E-state index contributed by atoms with van der Waals surface area (Å²) in [6, 6.07) is 3.52. The quantitative estimate of drug-likeness (QED) is 0.898. The monoisotopic (exact) mass is 265 g/mol. The number of hydrogen-bond donors (Lipinski definition) is 1. The molecule has 1 aromatic heterocycles. The van der Waals surface area contributed by atoms with Gasteiger partial charge >= 0.3 is 0 Å². The third kappa shape index (κ3) is 3.17. The molecule has 1 aromatic rings. The highest BCUT2D eigenvalue weighted by molar-refractivity contribution is 7.90. The zero-order chi connectivity index (χ0) is 10.9. The van der Waals surface area contributed by atoms with E-state index < -0.39 is 9.84 Å². The third-order valence-electron chi connectivity index (χ3n) is 2.35. The Morgan fingerprint density at radius 2 is 2.20 bits per heavy atom. The molecular weight excluding hydrogens is 254 g/mol. The molecule has 0 saturated carbocycles. The SMILES string of the molecule is O=S(=O)(Cc1ccc(Cl)s1)CC1CNC1. The van der Waals surface area contributed by atoms with Crippen molar-refractivity contribution in [3.05, 3.63) is 21.3 Å². The van der Waals surface area contributed by atoms with Crippen LogP contribution in [-0.4, -0.2) is 27.3 Å². The summed E-state index contributed by atoms with van der Waals surface area (Å²) in [6.07, 6.45) is 0. The summed E-state index contributed by atoms with van der Waals surface area (Å²) >= 11 is 7.09. The molecule has 1 fully saturated rings. The molecule has 2 rings (SSSR count). The van der Waals surface area contributed by atoms with Crippen molar-refractivity contribution in [3.63, 3.8) is 0 Å². The van der Waals surface area contributed by atoms with Crippen molar-refractivity contribution < 1.29 is 8.42 Å². The van der Waals surface area contributed by atoms with E-state index in [1.54, 1.807) is 12.1 Å². The Kier molecular flexibility index (Phi) is 3.35. The average molecular weight is 266 g/mol. The second-order valence-electron chi connectivity index (χ2n) is 3.78. The van der Waals surface area contributed by atoms with Crippen LogP contribution in [0.25, 0.3) is 0 Å². The lowest BCUT2D eigenvalue weighted by molar-refractivity contribution is 0.378. The number of rotatable bonds is 4. The molecule has 1 saturated heterocycles. The molecule has 0 radical (unpaired) electrons. The van der Waals surface area contributed by atoms with Gasteiger partial charge in [0.05, 0.1) is 15.8 Å². The summed E-state index contributed by atoms with van der Waals surface area (Å²) < 4.78 is 24.1. The van der Waals surface area contributed by atoms with E-state index in [2.05, 4.69) is 5.32 Å². The molecule has 0 amide bonds. The molecule has 0 aromatic carbocycles. The van der Waals surface area contributed by atoms with E-state index in [0.29, 0.717) is 10.3 Å². The predicted molar refractivity (Wildman–Crippen MR) is 63.2 cm³/mol. The fourth-order valence-electron chi connectivity index (χ4n) is 1.53. The normalized spacial score (nSPS) is 17.7. The molecule has 1 aliphatic heterocycles. The Morgan fingerprint density at radius 3 is 2.67 bits per heavy atom. The van der Waals surface area contributed by atoms with Crippen LogP contribution in [0.1, 0.15) is 4.88 Å². The van der Waals surface area contributed by atoms with Crippen LogP contribution in [-0.2, 0) is 15.6 Å². The molecule has 0 aliphatic carbocycles. The minimum Gasteiger partial charge on any atom is -0.316 e. The van der Waals surface area contributed by atoms with Gasteiger partial charge < -0.3 is 5.32 Å². The van der Waals surface area contributed by atoms with E-state index in [4.69, 9.17) is 11.6 Å². The van der Waals surface area contributed by atoms with Gasteiger partial charge in [0.25, 0.3) is 0 Å². The Labute approximate surface area is 98.4 Å². The van der Waals surface area contributed by atoms with Gasteiger partial charge in [0.15, 0.2) is 9.84 Å². The lowest BCUT2D eigenvalue weighted by Crippen LogP contribution is -2.45. The molecule has 0 bridgehead atoms. The highest BCUT2D eigenvalue weighted by Gasteiger charge is 2.24. The van der Waals surface area contributed by atoms with Gasteiger partial charge in [-0.15, -0.1) is 11.3 Å². The minimum atomic E-state index is -2.97. The Balaban J connectivity index is 1.97. The van der Waals surface area contributed by atoms with Crippen molar-refractivity contribution in [1.29, 1.82) is 0 Å². The predicted octanol–water partition coefficient (Wildman–Crippen LogP) is 1.54. The maximum Gasteiger partial charge on any atom is 0.155 e. The van der Waals surface area contributed by atoms with Crippen LogP contribution in [0.5, 0.6) is 0 Å². The van der Waals surface area contributed by atoms with Crippen molar-refractivity contribution in [2.75, 3.05) is 18.8 Å². The van der Waals surface area contributed by atoms with Crippen LogP contribution < -0.4 is 5.32 Å². The van der Waals surface area contributed by atoms with Gasteiger partial charge in [-0.05, 0) is 18.1 Å². The Hall–Kier alpha value is -0.100. The second kappa shape index (κ2) is 4.41. The van der Waals surface area contributed by atoms with E-state index >= 15 is 0 Å². The van der Waals surface area contributed by atoms with Gasteiger partial charge in [0, 0.05) is 18.0 Å². The van der Waals surface area contributed by atoms with Crippen LogP contribution in [0, 0.1) is 5.92 Å². The first-order chi connectivity index (χ1) is 7.05. The smallest absolute Gasteiger partial charge is 0.155 e. The highest BCUT2D eigenvalue weighted by Crippen LogP contribution is 2.24. The minimum absolute atomic E-state index is 0.126. The van der Waals surface area contributed by atoms with Gasteiger partial charge in [0.1, 0.15) is 0 Å². The van der Waals surface area contributed by atoms with Crippen LogP contribution >= 0.6 is 22.9 Å². The van der Waals surface area contributed by atoms with Gasteiger partial charge in [0.2, 0.25) is 0 Å². The lowest BCUT2D eigenvalue weighted by atomic mass is 10.1. The molecule has 84 valence electrons. The lowest BCUT2D eigenvalue weighted by Gasteiger charge is -2.26. The number of halogens is 1. The van der Waals surface area contributed by atoms with Crippen molar-refractivity contribution in [3.8, 4) is 0 Å². The first-order valence-electron chi connectivity index (χ1n) is 4.70. The first-order valence-corrected chi connectivity index (χ1v) is 7.72. The zero-order valence-corrected chi connectivity index (χ0v) is 10.5. The zero-order valence-electron chi connectivity index (χ0n) is 8.07. The molecule has 15 heavy (non-hydrogen) atoms. The maximum absolute atomic E-state index is 11.7. The number of thiophene rings is 1. The molecule has 1 N–H and O–H groups in total. The van der Waals surface area contributed by atoms with Crippen LogP contribution in [0.4, 0.5) is 0 Å². The standard InChI is InChI=1S/C9H12ClNO2S2/c10-9-2-1-8(14-9)6-15(12,13)5-7-3-11-4-7/h1-2,7,11H,3-6H2. The largest absolute Gasteiger partial charge is 0.316 e. The Morgan fingerprint density at radius 1 is 1.47 bits per heavy atom. The molecule has 1 aliphatic rings. The summed E-state index contributed by atoms with van der Waals surface area (Å²) in [6.45, 7) is 1.65. The van der Waals surface area contributed by atoms with Gasteiger partial charge in [-0.2, -0.15) is 0 Å². The van der Waals surface area contributed by atoms with Crippen LogP contribution in [0.2, 0.25) is 4.34 Å². The fraction of sp³-hybridized carbons (Fsp3) is 0.556. The van der Waals surface area contributed by atoms with Crippen molar-refractivity contribution in [2.45, 2.75) is 5.75 Å². The summed E-state index contributed by atoms with van der Waals surface area (Å²) in [5.74, 6) is 0.710. The van der Waals surface area contributed by atoms with E-state index in [9.17, 15) is 8.42 Å². The van der Waals surface area contributed by atoms with Crippen LogP contribution in [0.3, 0.4) is 0 Å². The molecule has 2 heterocycles. The summed E-state index contributed by atoms with van der Waals surface area (Å²) in [5.41, 5.74) is 0. The van der Waals surface area contributed by atoms with E-state index in [1.165, 1.54) is 11.3 Å². The summed E-state index contributed by atoms with van der Waals surface area (Å²) in [4.78, 5) is 0.826. The van der Waals surface area contributed by atoms with Gasteiger partial charge in [-0.3, -0.25) is 0 Å². The highest BCUT2D eigenvalue weighted by atomic mass is 35.5. The number of sulfone groups is 1. The van der Waals surface area contributed by atoms with Crippen LogP contribution in [0.15, 0.2) is 12.1 Å². The van der Waals surface area contributed by atoms with Crippen molar-refractivity contribution >= 4 is 32.8 Å². The van der Waals surface area contributed by atoms with Crippen molar-refractivity contribution in [1.82, 2.24) is 5.32 Å². The summed E-state index contributed by atoms with van der Waals surface area (Å²) in [5, 5.41) is 3.07. The van der Waals surface area contributed by atoms with E-state index in [1.807, 2.05) is 0 Å². The molecule has 3 nitrogen and oxygen atoms in total. The van der Waals surface area contributed by atoms with E-state index in [-0.39, 0.29) is 11.5 Å². The first kappa shape index (κ1) is 11.4. The Bertz CT molecular complexity index is 437. The summed E-state index contributed by atoms with van der Waals surface area (Å²) in [7, 11) is -2.97. The average Bonchev–Trinajstić information content (AvgIpc) is 2.43. The van der Waals surface area contributed by atoms with Gasteiger partial charge in [-0.25, -0.2) is 8.42 Å². The molecule has 0 atom stereocenters. The van der Waals surface area contributed by atoms with Gasteiger partial charge in [-0.1, -0.05) is 11.6 Å². The number of nitrogens with one attached hydrogen (secondary N) is 1. The maximum atomic E-state index is 11.7. The van der Waals surface area contributed by atoms with Crippen molar-refractivity contribution in [2.24, 2.45) is 5.92 Å². The molecule has 0 unspecified atom stereocenters. The number of hydrogen-bond acceptors (Lipinski definition) is 4. The second-order valence-corrected chi connectivity index (χ2v) is 7.69. The fourth-order valence-corrected chi connectivity index (χ4v) is 4.79. The topological polar surface area (TPSA) is 46.2 Å².